The van der Waals surface area contributed by atoms with Crippen molar-refractivity contribution in [3.63, 3.8) is 0 Å². The van der Waals surface area contributed by atoms with Crippen molar-refractivity contribution in [3.05, 3.63) is 56.9 Å². The average molecular weight is 366 g/mol. The Morgan fingerprint density at radius 1 is 1.10 bits per heavy atom. The third kappa shape index (κ3) is 2.54. The number of fused-ring (bicyclic) bond motifs is 1. The van der Waals surface area contributed by atoms with Gasteiger partial charge in [0, 0.05) is 17.0 Å². The summed E-state index contributed by atoms with van der Waals surface area (Å²) >= 11 is 9.39. The minimum atomic E-state index is -0.371. The molecule has 0 spiro atoms. The molecule has 0 bridgehead atoms. The van der Waals surface area contributed by atoms with Gasteiger partial charge in [0.1, 0.15) is 11.0 Å². The maximum Gasteiger partial charge on any atom is 0.162 e. The molecule has 2 nitrogen and oxygen atoms in total. The number of rotatable bonds is 1. The highest BCUT2D eigenvalue weighted by atomic mass is 79.9. The van der Waals surface area contributed by atoms with E-state index < -0.39 is 0 Å². The van der Waals surface area contributed by atoms with E-state index in [-0.39, 0.29) is 5.82 Å². The molecule has 0 saturated heterocycles. The molecule has 0 amide bonds. The van der Waals surface area contributed by atoms with Crippen molar-refractivity contribution < 1.29 is 4.39 Å². The summed E-state index contributed by atoms with van der Waals surface area (Å²) in [6.07, 6.45) is 0. The van der Waals surface area contributed by atoms with Crippen LogP contribution < -0.4 is 0 Å². The first-order chi connectivity index (χ1) is 9.97. The second-order valence-corrected chi connectivity index (χ2v) is 6.10. The lowest BCUT2D eigenvalue weighted by Gasteiger charge is -2.10. The van der Waals surface area contributed by atoms with Crippen LogP contribution in [0.15, 0.2) is 34.8 Å². The predicted octanol–water partition coefficient (Wildman–Crippen LogP) is 5.47. The van der Waals surface area contributed by atoms with E-state index in [1.165, 1.54) is 6.07 Å². The Morgan fingerprint density at radius 3 is 2.43 bits per heavy atom. The molecule has 0 aliphatic heterocycles. The molecule has 1 heterocycles. The molecule has 106 valence electrons. The molecule has 0 N–H and O–H groups in total. The van der Waals surface area contributed by atoms with E-state index in [0.717, 1.165) is 16.7 Å². The highest BCUT2D eigenvalue weighted by Crippen LogP contribution is 2.31. The molecular weight excluding hydrogens is 355 g/mol. The summed E-state index contributed by atoms with van der Waals surface area (Å²) in [5.41, 5.74) is 3.55. The Morgan fingerprint density at radius 2 is 1.76 bits per heavy atom. The number of hydrogen-bond donors (Lipinski definition) is 0. The number of nitrogens with zero attached hydrogens (tertiary/aromatic N) is 2. The summed E-state index contributed by atoms with van der Waals surface area (Å²) in [6, 6.07) is 8.93. The first kappa shape index (κ1) is 14.4. The van der Waals surface area contributed by atoms with Crippen LogP contribution in [0.25, 0.3) is 22.3 Å². The smallest absolute Gasteiger partial charge is 0.162 e. The average Bonchev–Trinajstić information content (AvgIpc) is 2.41. The van der Waals surface area contributed by atoms with Crippen LogP contribution in [0.1, 0.15) is 11.1 Å². The lowest BCUT2D eigenvalue weighted by atomic mass is 10.0. The molecule has 5 heteroatoms. The van der Waals surface area contributed by atoms with Gasteiger partial charge in [0.15, 0.2) is 5.82 Å². The van der Waals surface area contributed by atoms with Crippen LogP contribution in [0.4, 0.5) is 4.39 Å². The van der Waals surface area contributed by atoms with Gasteiger partial charge in [0.05, 0.1) is 9.99 Å². The van der Waals surface area contributed by atoms with Crippen molar-refractivity contribution in [1.82, 2.24) is 9.97 Å². The van der Waals surface area contributed by atoms with E-state index >= 15 is 0 Å². The summed E-state index contributed by atoms with van der Waals surface area (Å²) < 4.78 is 14.1. The Kier molecular flexibility index (Phi) is 3.68. The van der Waals surface area contributed by atoms with Gasteiger partial charge in [-0.2, -0.15) is 0 Å². The Hall–Kier alpha value is -1.52. The van der Waals surface area contributed by atoms with E-state index in [1.807, 2.05) is 32.0 Å². The lowest BCUT2D eigenvalue weighted by Crippen LogP contribution is -1.97. The van der Waals surface area contributed by atoms with Crippen LogP contribution in [0.2, 0.25) is 5.15 Å². The predicted molar refractivity (Wildman–Crippen MR) is 87.1 cm³/mol. The quantitative estimate of drug-likeness (QED) is 0.534. The lowest BCUT2D eigenvalue weighted by molar-refractivity contribution is 0.623. The zero-order valence-corrected chi connectivity index (χ0v) is 13.8. The number of aromatic nitrogens is 2. The normalized spacial score (nSPS) is 11.1. The fraction of sp³-hybridized carbons (Fsp3) is 0.125. The van der Waals surface area contributed by atoms with Crippen LogP contribution in [-0.4, -0.2) is 9.97 Å². The van der Waals surface area contributed by atoms with Crippen molar-refractivity contribution in [2.24, 2.45) is 0 Å². The molecule has 0 aliphatic rings. The molecule has 21 heavy (non-hydrogen) atoms. The summed E-state index contributed by atoms with van der Waals surface area (Å²) in [5, 5.41) is 0.943. The SMILES string of the molecule is Cc1cccc(C)c1-c1nc(Cl)c2cc(Br)c(F)cc2n1. The first-order valence-corrected chi connectivity index (χ1v) is 7.53. The molecule has 3 aromatic rings. The summed E-state index contributed by atoms with van der Waals surface area (Å²) in [5.74, 6) is 0.148. The Labute approximate surface area is 135 Å². The Balaban J connectivity index is 2.33. The molecule has 0 radical (unpaired) electrons. The minimum absolute atomic E-state index is 0.318. The van der Waals surface area contributed by atoms with E-state index in [9.17, 15) is 4.39 Å². The fourth-order valence-corrected chi connectivity index (χ4v) is 2.94. The standard InChI is InChI=1S/C16H11BrClFN2/c1-8-4-3-5-9(2)14(8)16-20-13-7-12(19)11(17)6-10(13)15(18)21-16/h3-7H,1-2H3. The number of benzene rings is 2. The molecule has 2 aromatic carbocycles. The van der Waals surface area contributed by atoms with E-state index in [2.05, 4.69) is 25.9 Å². The second kappa shape index (κ2) is 5.35. The van der Waals surface area contributed by atoms with Crippen LogP contribution >= 0.6 is 27.5 Å². The number of halogens is 3. The minimum Gasteiger partial charge on any atom is -0.228 e. The topological polar surface area (TPSA) is 25.8 Å². The monoisotopic (exact) mass is 364 g/mol. The highest BCUT2D eigenvalue weighted by Gasteiger charge is 2.13. The molecule has 0 fully saturated rings. The zero-order valence-electron chi connectivity index (χ0n) is 11.4. The molecule has 0 saturated carbocycles. The van der Waals surface area contributed by atoms with Crippen molar-refractivity contribution in [3.8, 4) is 11.4 Å². The van der Waals surface area contributed by atoms with Crippen molar-refractivity contribution in [1.29, 1.82) is 0 Å². The van der Waals surface area contributed by atoms with Crippen LogP contribution in [0, 0.1) is 19.7 Å². The van der Waals surface area contributed by atoms with Gasteiger partial charge in [-0.25, -0.2) is 14.4 Å². The van der Waals surface area contributed by atoms with Gasteiger partial charge in [-0.3, -0.25) is 0 Å². The van der Waals surface area contributed by atoms with Gasteiger partial charge in [-0.15, -0.1) is 0 Å². The third-order valence-electron chi connectivity index (χ3n) is 3.40. The largest absolute Gasteiger partial charge is 0.228 e. The number of aryl methyl sites for hydroxylation is 2. The maximum absolute atomic E-state index is 13.7. The van der Waals surface area contributed by atoms with Crippen LogP contribution in [0.5, 0.6) is 0 Å². The maximum atomic E-state index is 13.7. The fourth-order valence-electron chi connectivity index (χ4n) is 2.37. The van der Waals surface area contributed by atoms with Gasteiger partial charge >= 0.3 is 0 Å². The van der Waals surface area contributed by atoms with Crippen LogP contribution in [-0.2, 0) is 0 Å². The molecule has 0 aliphatic carbocycles. The molecule has 0 unspecified atom stereocenters. The first-order valence-electron chi connectivity index (χ1n) is 6.36. The van der Waals surface area contributed by atoms with Gasteiger partial charge < -0.3 is 0 Å². The second-order valence-electron chi connectivity index (χ2n) is 4.89. The molecule has 1 aromatic heterocycles. The zero-order chi connectivity index (χ0) is 15.1. The van der Waals surface area contributed by atoms with Crippen molar-refractivity contribution in [2.45, 2.75) is 13.8 Å². The molecular formula is C16H11BrClFN2. The Bertz CT molecular complexity index is 844. The summed E-state index contributed by atoms with van der Waals surface area (Å²) in [4.78, 5) is 8.85. The van der Waals surface area contributed by atoms with E-state index in [0.29, 0.717) is 26.4 Å². The highest BCUT2D eigenvalue weighted by molar-refractivity contribution is 9.10. The van der Waals surface area contributed by atoms with Gasteiger partial charge in [-0.05, 0) is 47.0 Å². The van der Waals surface area contributed by atoms with Gasteiger partial charge in [0.25, 0.3) is 0 Å². The third-order valence-corrected chi connectivity index (χ3v) is 4.29. The van der Waals surface area contributed by atoms with Crippen LogP contribution in [0.3, 0.4) is 0 Å². The summed E-state index contributed by atoms with van der Waals surface area (Å²) in [6.45, 7) is 3.98. The molecule has 3 rings (SSSR count). The molecule has 0 atom stereocenters. The van der Waals surface area contributed by atoms with Gasteiger partial charge in [0.2, 0.25) is 0 Å². The summed E-state index contributed by atoms with van der Waals surface area (Å²) in [7, 11) is 0. The van der Waals surface area contributed by atoms with E-state index in [1.54, 1.807) is 6.07 Å². The van der Waals surface area contributed by atoms with E-state index in [4.69, 9.17) is 11.6 Å². The van der Waals surface area contributed by atoms with Crippen molar-refractivity contribution in [2.75, 3.05) is 0 Å². The van der Waals surface area contributed by atoms with Gasteiger partial charge in [-0.1, -0.05) is 29.8 Å². The van der Waals surface area contributed by atoms with Crippen molar-refractivity contribution >= 4 is 38.4 Å². The number of hydrogen-bond acceptors (Lipinski definition) is 2.